The van der Waals surface area contributed by atoms with Crippen LogP contribution in [0, 0.1) is 0 Å². The maximum absolute atomic E-state index is 6.22. The summed E-state index contributed by atoms with van der Waals surface area (Å²) in [6, 6.07) is 10.8. The molecule has 0 saturated carbocycles. The van der Waals surface area contributed by atoms with Crippen LogP contribution in [0.25, 0.3) is 10.9 Å². The lowest BCUT2D eigenvalue weighted by molar-refractivity contribution is 0.550. The van der Waals surface area contributed by atoms with E-state index >= 15 is 0 Å². The predicted octanol–water partition coefficient (Wildman–Crippen LogP) is 3.78. The maximum atomic E-state index is 6.22. The third kappa shape index (κ3) is 2.75. The molecule has 2 N–H and O–H groups in total. The van der Waals surface area contributed by atoms with E-state index in [0.29, 0.717) is 6.54 Å². The van der Waals surface area contributed by atoms with E-state index in [-0.39, 0.29) is 11.3 Å². The summed E-state index contributed by atoms with van der Waals surface area (Å²) in [5, 5.41) is 6.02. The lowest BCUT2D eigenvalue weighted by Gasteiger charge is -2.15. The topological polar surface area (TPSA) is 48.8 Å². The first-order chi connectivity index (χ1) is 11.4. The highest BCUT2D eigenvalue weighted by Crippen LogP contribution is 2.33. The molecule has 1 unspecified atom stereocenters. The Morgan fingerprint density at radius 2 is 1.92 bits per heavy atom. The second kappa shape index (κ2) is 6.10. The number of hydrogen-bond donors (Lipinski definition) is 1. The molecule has 0 aliphatic heterocycles. The molecular formula is C20H28N4. The Morgan fingerprint density at radius 3 is 2.50 bits per heavy atom. The van der Waals surface area contributed by atoms with Crippen molar-refractivity contribution in [3.05, 3.63) is 53.5 Å². The maximum Gasteiger partial charge on any atom is 0.0681 e. The Hall–Kier alpha value is -2.07. The summed E-state index contributed by atoms with van der Waals surface area (Å²) < 4.78 is 4.30. The lowest BCUT2D eigenvalue weighted by atomic mass is 9.90. The van der Waals surface area contributed by atoms with Gasteiger partial charge in [0.25, 0.3) is 0 Å². The van der Waals surface area contributed by atoms with Crippen LogP contribution in [0.1, 0.15) is 50.6 Å². The van der Waals surface area contributed by atoms with Crippen LogP contribution < -0.4 is 5.73 Å². The molecule has 0 fully saturated rings. The van der Waals surface area contributed by atoms with Crippen LogP contribution in [0.3, 0.4) is 0 Å². The second-order valence-corrected chi connectivity index (χ2v) is 7.50. The van der Waals surface area contributed by atoms with Crippen molar-refractivity contribution in [2.75, 3.05) is 6.54 Å². The van der Waals surface area contributed by atoms with Crippen molar-refractivity contribution in [3.63, 3.8) is 0 Å². The van der Waals surface area contributed by atoms with Gasteiger partial charge < -0.3 is 10.3 Å². The van der Waals surface area contributed by atoms with Crippen molar-refractivity contribution in [1.29, 1.82) is 0 Å². The highest BCUT2D eigenvalue weighted by molar-refractivity contribution is 5.85. The van der Waals surface area contributed by atoms with E-state index in [1.165, 1.54) is 22.2 Å². The minimum absolute atomic E-state index is 0.0343. The molecule has 3 rings (SSSR count). The highest BCUT2D eigenvalue weighted by atomic mass is 15.3. The molecule has 0 aliphatic carbocycles. The molecule has 128 valence electrons. The van der Waals surface area contributed by atoms with Crippen molar-refractivity contribution >= 4 is 10.9 Å². The smallest absolute Gasteiger partial charge is 0.0681 e. The van der Waals surface area contributed by atoms with E-state index in [9.17, 15) is 0 Å². The van der Waals surface area contributed by atoms with Gasteiger partial charge in [-0.1, -0.05) is 39.0 Å². The summed E-state index contributed by atoms with van der Waals surface area (Å²) in [7, 11) is 2.02. The average molecular weight is 324 g/mol. The Bertz CT molecular complexity index is 848. The number of rotatable bonds is 4. The van der Waals surface area contributed by atoms with Gasteiger partial charge in [0.05, 0.1) is 5.69 Å². The summed E-state index contributed by atoms with van der Waals surface area (Å²) in [4.78, 5) is 0. The summed E-state index contributed by atoms with van der Waals surface area (Å²) >= 11 is 0. The normalized spacial score (nSPS) is 13.6. The molecule has 4 heteroatoms. The number of hydrogen-bond acceptors (Lipinski definition) is 2. The van der Waals surface area contributed by atoms with Crippen LogP contribution in [0.5, 0.6) is 0 Å². The first kappa shape index (κ1) is 16.8. The molecule has 2 aromatic heterocycles. The average Bonchev–Trinajstić information content (AvgIpc) is 3.10. The quantitative estimate of drug-likeness (QED) is 0.794. The Balaban J connectivity index is 2.15. The molecule has 1 atom stereocenters. The van der Waals surface area contributed by atoms with Crippen molar-refractivity contribution < 1.29 is 0 Å². The van der Waals surface area contributed by atoms with Gasteiger partial charge in [-0.05, 0) is 24.6 Å². The third-order valence-corrected chi connectivity index (χ3v) is 4.81. The number of aryl methyl sites for hydroxylation is 2. The third-order valence-electron chi connectivity index (χ3n) is 4.81. The van der Waals surface area contributed by atoms with Gasteiger partial charge in [-0.2, -0.15) is 5.10 Å². The summed E-state index contributed by atoms with van der Waals surface area (Å²) in [6.07, 6.45) is 2.26. The van der Waals surface area contributed by atoms with Gasteiger partial charge in [-0.25, -0.2) is 0 Å². The Morgan fingerprint density at radius 1 is 1.21 bits per heavy atom. The zero-order chi connectivity index (χ0) is 17.5. The van der Waals surface area contributed by atoms with Crippen LogP contribution in [0.2, 0.25) is 0 Å². The fraction of sp³-hybridized carbons (Fsp3) is 0.450. The molecule has 0 aliphatic rings. The molecular weight excluding hydrogens is 296 g/mol. The molecule has 1 aromatic carbocycles. The first-order valence-corrected chi connectivity index (χ1v) is 8.69. The molecule has 0 spiro atoms. The van der Waals surface area contributed by atoms with Gasteiger partial charge >= 0.3 is 0 Å². The standard InChI is InChI=1S/C20H28N4/c1-6-24-13-16(14-9-7-8-10-17(14)24)15(12-21)18-11-19(20(2,3)4)22-23(18)5/h7-11,13,15H,6,12,21H2,1-5H3. The zero-order valence-electron chi connectivity index (χ0n) is 15.4. The summed E-state index contributed by atoms with van der Waals surface area (Å²) in [6.45, 7) is 10.3. The van der Waals surface area contributed by atoms with Crippen LogP contribution in [0.15, 0.2) is 36.5 Å². The van der Waals surface area contributed by atoms with E-state index in [0.717, 1.165) is 12.2 Å². The SMILES string of the molecule is CCn1cc(C(CN)c2cc(C(C)(C)C)nn2C)c2ccccc21. The fourth-order valence-corrected chi connectivity index (χ4v) is 3.40. The van der Waals surface area contributed by atoms with E-state index in [1.54, 1.807) is 0 Å². The number of aromatic nitrogens is 3. The zero-order valence-corrected chi connectivity index (χ0v) is 15.4. The second-order valence-electron chi connectivity index (χ2n) is 7.50. The largest absolute Gasteiger partial charge is 0.347 e. The lowest BCUT2D eigenvalue weighted by Crippen LogP contribution is -2.16. The van der Waals surface area contributed by atoms with Crippen molar-refractivity contribution in [1.82, 2.24) is 14.3 Å². The minimum Gasteiger partial charge on any atom is -0.347 e. The molecule has 0 amide bonds. The molecule has 0 saturated heterocycles. The van der Waals surface area contributed by atoms with Gasteiger partial charge in [0.1, 0.15) is 0 Å². The van der Waals surface area contributed by atoms with Crippen LogP contribution >= 0.6 is 0 Å². The molecule has 24 heavy (non-hydrogen) atoms. The van der Waals surface area contributed by atoms with Crippen molar-refractivity contribution in [2.24, 2.45) is 12.8 Å². The predicted molar refractivity (Wildman–Crippen MR) is 100 cm³/mol. The number of nitrogens with zero attached hydrogens (tertiary/aromatic N) is 3. The summed E-state index contributed by atoms with van der Waals surface area (Å²) in [5.74, 6) is 0.149. The van der Waals surface area contributed by atoms with E-state index < -0.39 is 0 Å². The van der Waals surface area contributed by atoms with Crippen LogP contribution in [-0.2, 0) is 19.0 Å². The van der Waals surface area contributed by atoms with Crippen molar-refractivity contribution in [3.8, 4) is 0 Å². The number of nitrogens with two attached hydrogens (primary N) is 1. The monoisotopic (exact) mass is 324 g/mol. The number of para-hydroxylation sites is 1. The van der Waals surface area contributed by atoms with Crippen LogP contribution in [0.4, 0.5) is 0 Å². The Kier molecular flexibility index (Phi) is 4.26. The van der Waals surface area contributed by atoms with Gasteiger partial charge in [-0.15, -0.1) is 0 Å². The summed E-state index contributed by atoms with van der Waals surface area (Å²) in [5.41, 5.74) is 11.1. The fourth-order valence-electron chi connectivity index (χ4n) is 3.40. The van der Waals surface area contributed by atoms with E-state index in [4.69, 9.17) is 10.8 Å². The van der Waals surface area contributed by atoms with Gasteiger partial charge in [0.2, 0.25) is 0 Å². The molecule has 0 bridgehead atoms. The molecule has 3 aromatic rings. The van der Waals surface area contributed by atoms with E-state index in [1.807, 2.05) is 11.7 Å². The van der Waals surface area contributed by atoms with Crippen LogP contribution in [-0.4, -0.2) is 20.9 Å². The van der Waals surface area contributed by atoms with Gasteiger partial charge in [-0.3, -0.25) is 4.68 Å². The van der Waals surface area contributed by atoms with Crippen molar-refractivity contribution in [2.45, 2.75) is 45.6 Å². The van der Waals surface area contributed by atoms with Gasteiger partial charge in [0.15, 0.2) is 0 Å². The molecule has 4 nitrogen and oxygen atoms in total. The number of benzene rings is 1. The first-order valence-electron chi connectivity index (χ1n) is 8.69. The molecule has 0 radical (unpaired) electrons. The Labute approximate surface area is 144 Å². The van der Waals surface area contributed by atoms with E-state index in [2.05, 4.69) is 68.8 Å². The molecule has 2 heterocycles. The highest BCUT2D eigenvalue weighted by Gasteiger charge is 2.25. The number of fused-ring (bicyclic) bond motifs is 1. The van der Waals surface area contributed by atoms with Gasteiger partial charge in [0, 0.05) is 54.3 Å². The minimum atomic E-state index is 0.0343.